The molecule has 3 amide bonds. The Morgan fingerprint density at radius 3 is 2.64 bits per heavy atom. The lowest BCUT2D eigenvalue weighted by molar-refractivity contribution is -0.116. The molecular formula is C19H27N3O3. The molecule has 2 saturated heterocycles. The largest absolute Gasteiger partial charge is 0.378 e. The first kappa shape index (κ1) is 17.7. The summed E-state index contributed by atoms with van der Waals surface area (Å²) in [7, 11) is 1.72. The Balaban J connectivity index is 1.54. The zero-order valence-electron chi connectivity index (χ0n) is 15.0. The van der Waals surface area contributed by atoms with Crippen LogP contribution in [0.4, 0.5) is 16.2 Å². The van der Waals surface area contributed by atoms with E-state index in [1.54, 1.807) is 11.9 Å². The highest BCUT2D eigenvalue weighted by atomic mass is 16.5. The minimum atomic E-state index is -0.0755. The lowest BCUT2D eigenvalue weighted by atomic mass is 9.90. The zero-order valence-corrected chi connectivity index (χ0v) is 15.0. The SMILES string of the molecule is CC(=O)N(C)c1cccc(NC(=O)N2CCC(C3CCCO3)CC2)c1. The van der Waals surface area contributed by atoms with Gasteiger partial charge >= 0.3 is 6.03 Å². The van der Waals surface area contributed by atoms with Gasteiger partial charge in [-0.2, -0.15) is 0 Å². The molecule has 0 bridgehead atoms. The molecule has 6 heteroatoms. The Kier molecular flexibility index (Phi) is 5.58. The smallest absolute Gasteiger partial charge is 0.321 e. The summed E-state index contributed by atoms with van der Waals surface area (Å²) in [6.45, 7) is 3.94. The molecular weight excluding hydrogens is 318 g/mol. The fourth-order valence-electron chi connectivity index (χ4n) is 3.63. The molecule has 2 fully saturated rings. The molecule has 0 aromatic heterocycles. The molecule has 2 heterocycles. The first-order chi connectivity index (χ1) is 12.0. The Morgan fingerprint density at radius 2 is 2.00 bits per heavy atom. The van der Waals surface area contributed by atoms with Crippen molar-refractivity contribution in [2.24, 2.45) is 5.92 Å². The van der Waals surface area contributed by atoms with Crippen molar-refractivity contribution in [3.05, 3.63) is 24.3 Å². The minimum absolute atomic E-state index is 0.0420. The Labute approximate surface area is 149 Å². The molecule has 136 valence electrons. The number of amides is 3. The number of nitrogens with zero attached hydrogens (tertiary/aromatic N) is 2. The van der Waals surface area contributed by atoms with Gasteiger partial charge in [0.05, 0.1) is 6.10 Å². The maximum atomic E-state index is 12.5. The molecule has 0 radical (unpaired) electrons. The van der Waals surface area contributed by atoms with E-state index in [0.717, 1.165) is 51.1 Å². The number of rotatable bonds is 3. The molecule has 1 unspecified atom stereocenters. The van der Waals surface area contributed by atoms with Crippen molar-refractivity contribution in [3.63, 3.8) is 0 Å². The lowest BCUT2D eigenvalue weighted by Crippen LogP contribution is -2.43. The van der Waals surface area contributed by atoms with Gasteiger partial charge in [-0.1, -0.05) is 6.07 Å². The second-order valence-electron chi connectivity index (χ2n) is 6.93. The summed E-state index contributed by atoms with van der Waals surface area (Å²) in [4.78, 5) is 27.4. The molecule has 6 nitrogen and oxygen atoms in total. The van der Waals surface area contributed by atoms with E-state index < -0.39 is 0 Å². The van der Waals surface area contributed by atoms with Gasteiger partial charge in [0, 0.05) is 45.0 Å². The van der Waals surface area contributed by atoms with Crippen LogP contribution >= 0.6 is 0 Å². The van der Waals surface area contributed by atoms with E-state index in [2.05, 4.69) is 5.32 Å². The summed E-state index contributed by atoms with van der Waals surface area (Å²) < 4.78 is 5.79. The zero-order chi connectivity index (χ0) is 17.8. The molecule has 1 atom stereocenters. The highest BCUT2D eigenvalue weighted by Gasteiger charge is 2.30. The van der Waals surface area contributed by atoms with Gasteiger partial charge in [0.25, 0.3) is 0 Å². The second-order valence-corrected chi connectivity index (χ2v) is 6.93. The first-order valence-corrected chi connectivity index (χ1v) is 9.06. The minimum Gasteiger partial charge on any atom is -0.378 e. The van der Waals surface area contributed by atoms with Crippen LogP contribution in [0, 0.1) is 5.92 Å². The number of urea groups is 1. The number of nitrogens with one attached hydrogen (secondary N) is 1. The monoisotopic (exact) mass is 345 g/mol. The highest BCUT2D eigenvalue weighted by molar-refractivity contribution is 5.93. The summed E-state index contributed by atoms with van der Waals surface area (Å²) in [5.74, 6) is 0.541. The number of piperidine rings is 1. The van der Waals surface area contributed by atoms with Gasteiger partial charge in [-0.3, -0.25) is 4.79 Å². The number of likely N-dealkylation sites (tertiary alicyclic amines) is 1. The fraction of sp³-hybridized carbons (Fsp3) is 0.579. The molecule has 2 aliphatic heterocycles. The molecule has 1 aromatic carbocycles. The standard InChI is InChI=1S/C19H27N3O3/c1-14(23)21(2)17-6-3-5-16(13-17)20-19(24)22-10-8-15(9-11-22)18-7-4-12-25-18/h3,5-6,13,15,18H,4,7-12H2,1-2H3,(H,20,24). The Bertz CT molecular complexity index is 620. The van der Waals surface area contributed by atoms with E-state index in [1.807, 2.05) is 29.2 Å². The van der Waals surface area contributed by atoms with Crippen molar-refractivity contribution in [3.8, 4) is 0 Å². The molecule has 25 heavy (non-hydrogen) atoms. The summed E-state index contributed by atoms with van der Waals surface area (Å²) >= 11 is 0. The van der Waals surface area contributed by atoms with Crippen LogP contribution in [0.5, 0.6) is 0 Å². The highest BCUT2D eigenvalue weighted by Crippen LogP contribution is 2.29. The number of hydrogen-bond acceptors (Lipinski definition) is 3. The topological polar surface area (TPSA) is 61.9 Å². The van der Waals surface area contributed by atoms with Crippen molar-refractivity contribution in [1.82, 2.24) is 4.90 Å². The molecule has 2 aliphatic rings. The van der Waals surface area contributed by atoms with E-state index in [0.29, 0.717) is 17.7 Å². The van der Waals surface area contributed by atoms with Crippen molar-refractivity contribution >= 4 is 23.3 Å². The number of benzene rings is 1. The number of hydrogen-bond donors (Lipinski definition) is 1. The summed E-state index contributed by atoms with van der Waals surface area (Å²) in [6.07, 6.45) is 4.73. The van der Waals surface area contributed by atoms with E-state index >= 15 is 0 Å². The van der Waals surface area contributed by atoms with Crippen LogP contribution in [0.3, 0.4) is 0 Å². The summed E-state index contributed by atoms with van der Waals surface area (Å²) in [6, 6.07) is 7.28. The van der Waals surface area contributed by atoms with Crippen molar-refractivity contribution in [2.75, 3.05) is 37.0 Å². The van der Waals surface area contributed by atoms with E-state index in [-0.39, 0.29) is 11.9 Å². The van der Waals surface area contributed by atoms with Crippen LogP contribution in [0.15, 0.2) is 24.3 Å². The van der Waals surface area contributed by atoms with Gasteiger partial charge < -0.3 is 19.9 Å². The van der Waals surface area contributed by atoms with E-state index in [1.165, 1.54) is 6.92 Å². The maximum Gasteiger partial charge on any atom is 0.321 e. The Morgan fingerprint density at radius 1 is 1.24 bits per heavy atom. The van der Waals surface area contributed by atoms with Gasteiger partial charge in [0.2, 0.25) is 5.91 Å². The molecule has 3 rings (SSSR count). The van der Waals surface area contributed by atoms with Crippen LogP contribution in [0.25, 0.3) is 0 Å². The lowest BCUT2D eigenvalue weighted by Gasteiger charge is -2.34. The predicted octanol–water partition coefficient (Wildman–Crippen LogP) is 3.09. The Hall–Kier alpha value is -2.08. The third-order valence-corrected chi connectivity index (χ3v) is 5.27. The third kappa shape index (κ3) is 4.31. The van der Waals surface area contributed by atoms with Crippen LogP contribution in [-0.4, -0.2) is 49.7 Å². The summed E-state index contributed by atoms with van der Waals surface area (Å²) in [5, 5.41) is 2.95. The van der Waals surface area contributed by atoms with Gasteiger partial charge in [0.15, 0.2) is 0 Å². The first-order valence-electron chi connectivity index (χ1n) is 9.06. The van der Waals surface area contributed by atoms with Crippen LogP contribution in [0.2, 0.25) is 0 Å². The molecule has 1 aromatic rings. The van der Waals surface area contributed by atoms with Crippen LogP contribution in [-0.2, 0) is 9.53 Å². The van der Waals surface area contributed by atoms with Crippen LogP contribution in [0.1, 0.15) is 32.6 Å². The van der Waals surface area contributed by atoms with Gasteiger partial charge in [-0.25, -0.2) is 4.79 Å². The third-order valence-electron chi connectivity index (χ3n) is 5.27. The average molecular weight is 345 g/mol. The fourth-order valence-corrected chi connectivity index (χ4v) is 3.63. The average Bonchev–Trinajstić information content (AvgIpc) is 3.16. The maximum absolute atomic E-state index is 12.5. The number of anilines is 2. The van der Waals surface area contributed by atoms with Gasteiger partial charge in [-0.15, -0.1) is 0 Å². The summed E-state index contributed by atoms with van der Waals surface area (Å²) in [5.41, 5.74) is 1.47. The molecule has 0 spiro atoms. The van der Waals surface area contributed by atoms with Gasteiger partial charge in [0.1, 0.15) is 0 Å². The van der Waals surface area contributed by atoms with Gasteiger partial charge in [-0.05, 0) is 49.8 Å². The number of carbonyl (C=O) groups excluding carboxylic acids is 2. The molecule has 0 aliphatic carbocycles. The van der Waals surface area contributed by atoms with Crippen LogP contribution < -0.4 is 10.2 Å². The van der Waals surface area contributed by atoms with Crippen molar-refractivity contribution < 1.29 is 14.3 Å². The number of ether oxygens (including phenoxy) is 1. The van der Waals surface area contributed by atoms with Crippen molar-refractivity contribution in [1.29, 1.82) is 0 Å². The number of carbonyl (C=O) groups is 2. The molecule has 0 saturated carbocycles. The molecule has 1 N–H and O–H groups in total. The predicted molar refractivity (Wildman–Crippen MR) is 97.8 cm³/mol. The van der Waals surface area contributed by atoms with Crippen molar-refractivity contribution in [2.45, 2.75) is 38.7 Å². The quantitative estimate of drug-likeness (QED) is 0.916. The second kappa shape index (κ2) is 7.87. The van der Waals surface area contributed by atoms with E-state index in [9.17, 15) is 9.59 Å². The van der Waals surface area contributed by atoms with E-state index in [4.69, 9.17) is 4.74 Å². The normalized spacial score (nSPS) is 21.2.